The molecule has 1 aliphatic heterocycles. The summed E-state index contributed by atoms with van der Waals surface area (Å²) in [6.45, 7) is 2.52. The third-order valence-corrected chi connectivity index (χ3v) is 6.75. The molecule has 1 heterocycles. The minimum Gasteiger partial charge on any atom is -0.322 e. The number of carbonyl (C=O) groups excluding carboxylic acids is 1. The van der Waals surface area contributed by atoms with Gasteiger partial charge >= 0.3 is 0 Å². The Morgan fingerprint density at radius 2 is 2.00 bits per heavy atom. The molecular weight excluding hydrogens is 356 g/mol. The van der Waals surface area contributed by atoms with Crippen molar-refractivity contribution in [1.29, 1.82) is 0 Å². The molecule has 132 valence electrons. The SMILES string of the molecule is CCSc1ccccc1C(=O)Nc1cccc(N2CCCS2(=O)=O)c1. The summed E-state index contributed by atoms with van der Waals surface area (Å²) in [6.07, 6.45) is 0.626. The van der Waals surface area contributed by atoms with E-state index in [-0.39, 0.29) is 11.7 Å². The van der Waals surface area contributed by atoms with E-state index in [2.05, 4.69) is 5.32 Å². The van der Waals surface area contributed by atoms with Crippen molar-refractivity contribution in [3.05, 3.63) is 54.1 Å². The molecule has 25 heavy (non-hydrogen) atoms. The van der Waals surface area contributed by atoms with E-state index in [4.69, 9.17) is 0 Å². The Hall–Kier alpha value is -1.99. The lowest BCUT2D eigenvalue weighted by Crippen LogP contribution is -2.25. The molecule has 0 unspecified atom stereocenters. The molecule has 0 bridgehead atoms. The highest BCUT2D eigenvalue weighted by molar-refractivity contribution is 7.99. The van der Waals surface area contributed by atoms with Gasteiger partial charge in [-0.3, -0.25) is 9.10 Å². The quantitative estimate of drug-likeness (QED) is 0.810. The molecule has 0 radical (unpaired) electrons. The van der Waals surface area contributed by atoms with Crippen LogP contribution in [-0.4, -0.2) is 32.4 Å². The Morgan fingerprint density at radius 3 is 2.72 bits per heavy atom. The van der Waals surface area contributed by atoms with Crippen LogP contribution >= 0.6 is 11.8 Å². The lowest BCUT2D eigenvalue weighted by molar-refractivity contribution is 0.102. The fourth-order valence-corrected chi connectivity index (χ4v) is 5.16. The van der Waals surface area contributed by atoms with Crippen molar-refractivity contribution >= 4 is 39.1 Å². The number of anilines is 2. The van der Waals surface area contributed by atoms with Crippen molar-refractivity contribution in [3.63, 3.8) is 0 Å². The monoisotopic (exact) mass is 376 g/mol. The third-order valence-electron chi connectivity index (χ3n) is 3.92. The molecule has 1 amide bonds. The largest absolute Gasteiger partial charge is 0.322 e. The number of sulfonamides is 1. The average Bonchev–Trinajstić information content (AvgIpc) is 2.95. The van der Waals surface area contributed by atoms with Crippen LogP contribution in [0.25, 0.3) is 0 Å². The van der Waals surface area contributed by atoms with Crippen LogP contribution in [0.4, 0.5) is 11.4 Å². The molecule has 5 nitrogen and oxygen atoms in total. The van der Waals surface area contributed by atoms with Gasteiger partial charge in [0.05, 0.1) is 17.0 Å². The lowest BCUT2D eigenvalue weighted by Gasteiger charge is -2.18. The topological polar surface area (TPSA) is 66.5 Å². The van der Waals surface area contributed by atoms with Crippen molar-refractivity contribution in [2.45, 2.75) is 18.2 Å². The summed E-state index contributed by atoms with van der Waals surface area (Å²) < 4.78 is 25.5. The summed E-state index contributed by atoms with van der Waals surface area (Å²) in [6, 6.07) is 14.4. The van der Waals surface area contributed by atoms with E-state index in [0.717, 1.165) is 10.6 Å². The van der Waals surface area contributed by atoms with Crippen LogP contribution in [0.5, 0.6) is 0 Å². The van der Waals surface area contributed by atoms with Crippen molar-refractivity contribution < 1.29 is 13.2 Å². The zero-order valence-electron chi connectivity index (χ0n) is 13.9. The highest BCUT2D eigenvalue weighted by atomic mass is 32.2. The van der Waals surface area contributed by atoms with Crippen LogP contribution in [0.2, 0.25) is 0 Å². The van der Waals surface area contributed by atoms with Gasteiger partial charge in [0.25, 0.3) is 5.91 Å². The second-order valence-corrected chi connectivity index (χ2v) is 8.99. The second-order valence-electron chi connectivity index (χ2n) is 5.68. The van der Waals surface area contributed by atoms with Crippen LogP contribution in [0, 0.1) is 0 Å². The van der Waals surface area contributed by atoms with Gasteiger partial charge in [0, 0.05) is 17.1 Å². The maximum absolute atomic E-state index is 12.6. The van der Waals surface area contributed by atoms with Crippen LogP contribution < -0.4 is 9.62 Å². The smallest absolute Gasteiger partial charge is 0.256 e. The minimum absolute atomic E-state index is 0.172. The fourth-order valence-electron chi connectivity index (χ4n) is 2.80. The first-order valence-electron chi connectivity index (χ1n) is 8.15. The normalized spacial score (nSPS) is 16.0. The first kappa shape index (κ1) is 17.8. The van der Waals surface area contributed by atoms with Crippen molar-refractivity contribution in [1.82, 2.24) is 0 Å². The van der Waals surface area contributed by atoms with E-state index in [1.54, 1.807) is 42.1 Å². The van der Waals surface area contributed by atoms with Gasteiger partial charge in [-0.15, -0.1) is 11.8 Å². The van der Waals surface area contributed by atoms with Crippen molar-refractivity contribution in [3.8, 4) is 0 Å². The van der Waals surface area contributed by atoms with E-state index in [1.165, 1.54) is 4.31 Å². The Labute approximate surface area is 152 Å². The Morgan fingerprint density at radius 1 is 1.20 bits per heavy atom. The maximum Gasteiger partial charge on any atom is 0.256 e. The van der Waals surface area contributed by atoms with Gasteiger partial charge in [0.2, 0.25) is 10.0 Å². The molecule has 1 N–H and O–H groups in total. The lowest BCUT2D eigenvalue weighted by atomic mass is 10.2. The highest BCUT2D eigenvalue weighted by Gasteiger charge is 2.28. The predicted octanol–water partition coefficient (Wildman–Crippen LogP) is 3.59. The van der Waals surface area contributed by atoms with Crippen LogP contribution in [0.15, 0.2) is 53.4 Å². The number of nitrogens with one attached hydrogen (secondary N) is 1. The number of hydrogen-bond donors (Lipinski definition) is 1. The van der Waals surface area contributed by atoms with E-state index >= 15 is 0 Å². The standard InChI is InChI=1S/C18H20N2O3S2/c1-2-24-17-10-4-3-9-16(17)18(21)19-14-7-5-8-15(13-14)20-11-6-12-25(20,22)23/h3-5,7-10,13H,2,6,11-12H2,1H3,(H,19,21). The summed E-state index contributed by atoms with van der Waals surface area (Å²) in [5.41, 5.74) is 1.79. The number of thioether (sulfide) groups is 1. The van der Waals surface area contributed by atoms with E-state index in [1.807, 2.05) is 25.1 Å². The highest BCUT2D eigenvalue weighted by Crippen LogP contribution is 2.27. The van der Waals surface area contributed by atoms with E-state index < -0.39 is 10.0 Å². The molecule has 2 aromatic rings. The predicted molar refractivity (Wildman–Crippen MR) is 103 cm³/mol. The first-order chi connectivity index (χ1) is 12.0. The molecule has 1 saturated heterocycles. The average molecular weight is 377 g/mol. The fraction of sp³-hybridized carbons (Fsp3) is 0.278. The summed E-state index contributed by atoms with van der Waals surface area (Å²) in [5.74, 6) is 0.857. The Kier molecular flexibility index (Phi) is 5.34. The maximum atomic E-state index is 12.6. The summed E-state index contributed by atoms with van der Waals surface area (Å²) in [4.78, 5) is 13.5. The molecule has 3 rings (SSSR count). The van der Waals surface area contributed by atoms with E-state index in [0.29, 0.717) is 29.9 Å². The Balaban J connectivity index is 1.82. The third kappa shape index (κ3) is 3.99. The number of carbonyl (C=O) groups is 1. The van der Waals surface area contributed by atoms with Crippen LogP contribution in [0.1, 0.15) is 23.7 Å². The van der Waals surface area contributed by atoms with E-state index in [9.17, 15) is 13.2 Å². The molecule has 2 aromatic carbocycles. The number of amides is 1. The molecule has 1 fully saturated rings. The second kappa shape index (κ2) is 7.49. The van der Waals surface area contributed by atoms with Crippen molar-refractivity contribution in [2.24, 2.45) is 0 Å². The number of rotatable bonds is 5. The molecule has 0 aliphatic carbocycles. The van der Waals surface area contributed by atoms with Crippen LogP contribution in [0.3, 0.4) is 0 Å². The van der Waals surface area contributed by atoms with Crippen molar-refractivity contribution in [2.75, 3.05) is 27.7 Å². The zero-order chi connectivity index (χ0) is 17.9. The minimum atomic E-state index is -3.23. The number of nitrogens with zero attached hydrogens (tertiary/aromatic N) is 1. The van der Waals surface area contributed by atoms with Gasteiger partial charge in [-0.1, -0.05) is 25.1 Å². The molecule has 0 spiro atoms. The van der Waals surface area contributed by atoms with Gasteiger partial charge in [-0.05, 0) is 42.5 Å². The Bertz CT molecular complexity index is 881. The molecule has 1 aliphatic rings. The molecule has 0 atom stereocenters. The molecule has 0 saturated carbocycles. The molecule has 7 heteroatoms. The molecule has 0 aromatic heterocycles. The van der Waals surface area contributed by atoms with Gasteiger partial charge in [-0.25, -0.2) is 8.42 Å². The summed E-state index contributed by atoms with van der Waals surface area (Å²) in [7, 11) is -3.23. The summed E-state index contributed by atoms with van der Waals surface area (Å²) >= 11 is 1.62. The van der Waals surface area contributed by atoms with Gasteiger partial charge in [-0.2, -0.15) is 0 Å². The number of benzene rings is 2. The van der Waals surface area contributed by atoms with Gasteiger partial charge < -0.3 is 5.32 Å². The summed E-state index contributed by atoms with van der Waals surface area (Å²) in [5, 5.41) is 2.87. The molecular formula is C18H20N2O3S2. The van der Waals surface area contributed by atoms with Crippen LogP contribution in [-0.2, 0) is 10.0 Å². The zero-order valence-corrected chi connectivity index (χ0v) is 15.6. The number of hydrogen-bond acceptors (Lipinski definition) is 4. The van der Waals surface area contributed by atoms with Gasteiger partial charge in [0.15, 0.2) is 0 Å². The first-order valence-corrected chi connectivity index (χ1v) is 10.7. The van der Waals surface area contributed by atoms with Gasteiger partial charge in [0.1, 0.15) is 0 Å².